The molecule has 1 amide bonds. The smallest absolute Gasteiger partial charge is 0.238 e. The Morgan fingerprint density at radius 2 is 2.04 bits per heavy atom. The number of amides is 1. The predicted molar refractivity (Wildman–Crippen MR) is 92.7 cm³/mol. The molecular weight excluding hydrogens is 322 g/mol. The van der Waals surface area contributed by atoms with E-state index in [4.69, 9.17) is 9.68 Å². The molecule has 0 aliphatic rings. The van der Waals surface area contributed by atoms with Crippen LogP contribution in [0.15, 0.2) is 64.6 Å². The van der Waals surface area contributed by atoms with Gasteiger partial charge in [0.25, 0.3) is 0 Å². The average Bonchev–Trinajstić information content (AvgIpc) is 3.28. The zero-order chi connectivity index (χ0) is 16.8. The summed E-state index contributed by atoms with van der Waals surface area (Å²) in [6, 6.07) is 17.0. The van der Waals surface area contributed by atoms with Crippen molar-refractivity contribution in [2.45, 2.75) is 6.04 Å². The Bertz CT molecular complexity index is 835. The summed E-state index contributed by atoms with van der Waals surface area (Å²) in [7, 11) is 0. The number of rotatable bonds is 6. The van der Waals surface area contributed by atoms with Gasteiger partial charge in [0.2, 0.25) is 5.91 Å². The highest BCUT2D eigenvalue weighted by molar-refractivity contribution is 7.14. The Kier molecular flexibility index (Phi) is 5.06. The van der Waals surface area contributed by atoms with Gasteiger partial charge in [-0.15, -0.1) is 11.3 Å². The Hall–Kier alpha value is -2.88. The van der Waals surface area contributed by atoms with E-state index in [1.165, 1.54) is 11.3 Å². The van der Waals surface area contributed by atoms with Gasteiger partial charge in [-0.2, -0.15) is 5.26 Å². The number of hydrogen-bond acceptors (Lipinski definition) is 5. The molecule has 2 N–H and O–H groups in total. The third kappa shape index (κ3) is 3.71. The monoisotopic (exact) mass is 337 g/mol. The first-order valence-corrected chi connectivity index (χ1v) is 8.25. The molecule has 5 nitrogen and oxygen atoms in total. The first kappa shape index (κ1) is 16.0. The predicted octanol–water partition coefficient (Wildman–Crippen LogP) is 3.53. The maximum absolute atomic E-state index is 12.2. The molecule has 0 unspecified atom stereocenters. The molecule has 1 atom stereocenters. The van der Waals surface area contributed by atoms with Gasteiger partial charge in [0, 0.05) is 0 Å². The second-order valence-corrected chi connectivity index (χ2v) is 5.98. The number of furan rings is 1. The van der Waals surface area contributed by atoms with Crippen molar-refractivity contribution in [3.63, 3.8) is 0 Å². The van der Waals surface area contributed by atoms with Gasteiger partial charge in [-0.25, -0.2) is 0 Å². The lowest BCUT2D eigenvalue weighted by atomic mass is 10.0. The van der Waals surface area contributed by atoms with Gasteiger partial charge in [0.1, 0.15) is 16.8 Å². The average molecular weight is 337 g/mol. The Morgan fingerprint density at radius 1 is 1.21 bits per heavy atom. The fraction of sp³-hybridized carbons (Fsp3) is 0.111. The fourth-order valence-corrected chi connectivity index (χ4v) is 3.10. The van der Waals surface area contributed by atoms with Gasteiger partial charge >= 0.3 is 0 Å². The molecule has 0 spiro atoms. The van der Waals surface area contributed by atoms with E-state index in [0.29, 0.717) is 10.6 Å². The number of hydrogen-bond donors (Lipinski definition) is 2. The number of carbonyl (C=O) groups excluding carboxylic acids is 1. The summed E-state index contributed by atoms with van der Waals surface area (Å²) in [5.41, 5.74) is 1.48. The Morgan fingerprint density at radius 3 is 2.75 bits per heavy atom. The van der Waals surface area contributed by atoms with Crippen LogP contribution in [0.4, 0.5) is 5.00 Å². The highest BCUT2D eigenvalue weighted by Gasteiger charge is 2.18. The van der Waals surface area contributed by atoms with Gasteiger partial charge in [-0.05, 0) is 29.1 Å². The molecule has 1 aromatic carbocycles. The van der Waals surface area contributed by atoms with Crippen LogP contribution >= 0.6 is 11.3 Å². The van der Waals surface area contributed by atoms with Crippen LogP contribution in [0.2, 0.25) is 0 Å². The van der Waals surface area contributed by atoms with Crippen molar-refractivity contribution in [2.75, 3.05) is 11.9 Å². The van der Waals surface area contributed by atoms with Crippen LogP contribution in [0.3, 0.4) is 0 Å². The van der Waals surface area contributed by atoms with Crippen molar-refractivity contribution in [3.05, 3.63) is 77.1 Å². The van der Waals surface area contributed by atoms with E-state index >= 15 is 0 Å². The fourth-order valence-electron chi connectivity index (χ4n) is 2.34. The van der Waals surface area contributed by atoms with Gasteiger partial charge in [0.05, 0.1) is 24.4 Å². The lowest BCUT2D eigenvalue weighted by Gasteiger charge is -2.17. The Labute approximate surface area is 143 Å². The quantitative estimate of drug-likeness (QED) is 0.721. The van der Waals surface area contributed by atoms with E-state index in [2.05, 4.69) is 16.7 Å². The van der Waals surface area contributed by atoms with E-state index in [0.717, 1.165) is 11.3 Å². The third-order valence-corrected chi connectivity index (χ3v) is 4.30. The number of nitrogens with zero attached hydrogens (tertiary/aromatic N) is 1. The maximum Gasteiger partial charge on any atom is 0.238 e. The van der Waals surface area contributed by atoms with Crippen LogP contribution in [0.5, 0.6) is 0 Å². The summed E-state index contributed by atoms with van der Waals surface area (Å²) < 4.78 is 5.49. The largest absolute Gasteiger partial charge is 0.467 e. The van der Waals surface area contributed by atoms with E-state index in [1.807, 2.05) is 42.5 Å². The minimum Gasteiger partial charge on any atom is -0.467 e. The van der Waals surface area contributed by atoms with Crippen molar-refractivity contribution in [3.8, 4) is 6.07 Å². The molecule has 120 valence electrons. The molecule has 6 heteroatoms. The van der Waals surface area contributed by atoms with Crippen molar-refractivity contribution < 1.29 is 9.21 Å². The summed E-state index contributed by atoms with van der Waals surface area (Å²) in [6.45, 7) is 0.100. The second-order valence-electron chi connectivity index (χ2n) is 5.06. The number of anilines is 1. The molecule has 0 saturated heterocycles. The lowest BCUT2D eigenvalue weighted by molar-refractivity contribution is -0.115. The van der Waals surface area contributed by atoms with Crippen LogP contribution in [0.1, 0.15) is 22.9 Å². The summed E-state index contributed by atoms with van der Waals surface area (Å²) in [5.74, 6) is 0.532. The number of carbonyl (C=O) groups is 1. The van der Waals surface area contributed by atoms with E-state index in [9.17, 15) is 4.79 Å². The van der Waals surface area contributed by atoms with Crippen LogP contribution in [-0.2, 0) is 4.79 Å². The molecule has 0 aliphatic heterocycles. The molecular formula is C18H15N3O2S. The summed E-state index contributed by atoms with van der Waals surface area (Å²) in [6.07, 6.45) is 1.61. The molecule has 3 aromatic rings. The highest BCUT2D eigenvalue weighted by atomic mass is 32.1. The molecule has 0 aliphatic carbocycles. The maximum atomic E-state index is 12.2. The number of thiophene rings is 1. The lowest BCUT2D eigenvalue weighted by Crippen LogP contribution is -2.31. The number of benzene rings is 1. The van der Waals surface area contributed by atoms with Crippen molar-refractivity contribution in [2.24, 2.45) is 0 Å². The van der Waals surface area contributed by atoms with E-state index < -0.39 is 0 Å². The molecule has 0 fully saturated rings. The van der Waals surface area contributed by atoms with Gasteiger partial charge < -0.3 is 9.73 Å². The van der Waals surface area contributed by atoms with Crippen molar-refractivity contribution in [1.82, 2.24) is 5.32 Å². The summed E-state index contributed by atoms with van der Waals surface area (Å²) in [5, 5.41) is 17.3. The van der Waals surface area contributed by atoms with Gasteiger partial charge in [-0.3, -0.25) is 10.1 Å². The molecule has 0 bridgehead atoms. The SMILES string of the molecule is N#Cc1ccsc1NC(=O)CN[C@H](c1ccccc1)c1ccco1. The van der Waals surface area contributed by atoms with Crippen LogP contribution in [-0.4, -0.2) is 12.5 Å². The number of nitriles is 1. The zero-order valence-corrected chi connectivity index (χ0v) is 13.5. The molecule has 3 rings (SSSR count). The highest BCUT2D eigenvalue weighted by Crippen LogP contribution is 2.23. The van der Waals surface area contributed by atoms with Crippen LogP contribution < -0.4 is 10.6 Å². The topological polar surface area (TPSA) is 78.1 Å². The van der Waals surface area contributed by atoms with E-state index in [1.54, 1.807) is 17.7 Å². The molecule has 2 aromatic heterocycles. The normalized spacial score (nSPS) is 11.6. The van der Waals surface area contributed by atoms with Gasteiger partial charge in [-0.1, -0.05) is 30.3 Å². The van der Waals surface area contributed by atoms with E-state index in [-0.39, 0.29) is 18.5 Å². The van der Waals surface area contributed by atoms with Crippen molar-refractivity contribution >= 4 is 22.2 Å². The zero-order valence-electron chi connectivity index (χ0n) is 12.7. The Balaban J connectivity index is 1.68. The first-order chi connectivity index (χ1) is 11.8. The molecule has 24 heavy (non-hydrogen) atoms. The number of nitrogens with one attached hydrogen (secondary N) is 2. The second kappa shape index (κ2) is 7.59. The third-order valence-electron chi connectivity index (χ3n) is 3.47. The van der Waals surface area contributed by atoms with Crippen LogP contribution in [0, 0.1) is 11.3 Å². The standard InChI is InChI=1S/C18H15N3O2S/c19-11-14-8-10-24-18(14)21-16(22)12-20-17(15-7-4-9-23-15)13-5-2-1-3-6-13/h1-10,17,20H,12H2,(H,21,22)/t17-/m1/s1. The first-order valence-electron chi connectivity index (χ1n) is 7.37. The summed E-state index contributed by atoms with van der Waals surface area (Å²) in [4.78, 5) is 12.2. The molecule has 0 radical (unpaired) electrons. The molecule has 2 heterocycles. The minimum absolute atomic E-state index is 0.100. The van der Waals surface area contributed by atoms with Crippen LogP contribution in [0.25, 0.3) is 0 Å². The van der Waals surface area contributed by atoms with Crippen molar-refractivity contribution in [1.29, 1.82) is 5.26 Å². The van der Waals surface area contributed by atoms with Gasteiger partial charge in [0.15, 0.2) is 0 Å². The minimum atomic E-state index is -0.217. The molecule has 0 saturated carbocycles. The summed E-state index contributed by atoms with van der Waals surface area (Å²) >= 11 is 1.33.